The Morgan fingerprint density at radius 3 is 2.48 bits per heavy atom. The van der Waals surface area contributed by atoms with Gasteiger partial charge in [-0.1, -0.05) is 23.7 Å². The molecule has 0 spiro atoms. The molecule has 1 aromatic heterocycles. The van der Waals surface area contributed by atoms with E-state index in [2.05, 4.69) is 5.10 Å². The van der Waals surface area contributed by atoms with Crippen LogP contribution in [0.1, 0.15) is 24.3 Å². The van der Waals surface area contributed by atoms with E-state index in [-0.39, 0.29) is 19.3 Å². The van der Waals surface area contributed by atoms with Crippen LogP contribution in [-0.2, 0) is 17.5 Å². The highest BCUT2D eigenvalue weighted by Crippen LogP contribution is 2.27. The van der Waals surface area contributed by atoms with Gasteiger partial charge in [-0.3, -0.25) is 4.68 Å². The summed E-state index contributed by atoms with van der Waals surface area (Å²) in [6.45, 7) is 1.71. The van der Waals surface area contributed by atoms with Crippen molar-refractivity contribution in [3.05, 3.63) is 52.8 Å². The molecule has 0 radical (unpaired) electrons. The fraction of sp³-hybridized carbons (Fsp3) is 0.400. The van der Waals surface area contributed by atoms with E-state index in [1.807, 2.05) is 19.1 Å². The van der Waals surface area contributed by atoms with Crippen molar-refractivity contribution < 1.29 is 23.0 Å². The Labute approximate surface area is 136 Å². The molecule has 0 saturated carbocycles. The van der Waals surface area contributed by atoms with Crippen LogP contribution in [0.25, 0.3) is 0 Å². The van der Waals surface area contributed by atoms with E-state index in [4.69, 9.17) is 16.3 Å². The lowest BCUT2D eigenvalue weighted by Gasteiger charge is -2.17. The molecule has 23 heavy (non-hydrogen) atoms. The molecule has 0 saturated heterocycles. The molecule has 1 heterocycles. The molecule has 0 aliphatic carbocycles. The lowest BCUT2D eigenvalue weighted by atomic mass is 10.1. The highest BCUT2D eigenvalue weighted by Gasteiger charge is 2.33. The van der Waals surface area contributed by atoms with Crippen molar-refractivity contribution in [3.8, 4) is 0 Å². The first kappa shape index (κ1) is 17.8. The summed E-state index contributed by atoms with van der Waals surface area (Å²) >= 11 is 5.80. The van der Waals surface area contributed by atoms with E-state index >= 15 is 0 Å². The van der Waals surface area contributed by atoms with Crippen LogP contribution in [0.3, 0.4) is 0 Å². The third-order valence-electron chi connectivity index (χ3n) is 3.21. The van der Waals surface area contributed by atoms with Crippen LogP contribution in [0.5, 0.6) is 0 Å². The predicted octanol–water partition coefficient (Wildman–Crippen LogP) is 3.69. The van der Waals surface area contributed by atoms with Crippen LogP contribution in [-0.4, -0.2) is 27.6 Å². The Morgan fingerprint density at radius 2 is 1.91 bits per heavy atom. The molecule has 2 atom stereocenters. The number of halogens is 4. The Morgan fingerprint density at radius 1 is 1.26 bits per heavy atom. The van der Waals surface area contributed by atoms with E-state index in [1.165, 1.54) is 6.20 Å². The van der Waals surface area contributed by atoms with Gasteiger partial charge in [0.25, 0.3) is 0 Å². The largest absolute Gasteiger partial charge is 0.435 e. The third-order valence-corrected chi connectivity index (χ3v) is 3.46. The van der Waals surface area contributed by atoms with E-state index in [0.29, 0.717) is 5.02 Å². The summed E-state index contributed by atoms with van der Waals surface area (Å²) in [5.74, 6) is 0. The molecule has 1 N–H and O–H groups in total. The molecule has 1 aromatic carbocycles. The van der Waals surface area contributed by atoms with Crippen molar-refractivity contribution >= 4 is 11.6 Å². The Kier molecular flexibility index (Phi) is 5.67. The second-order valence-corrected chi connectivity index (χ2v) is 5.54. The second kappa shape index (κ2) is 7.33. The average molecular weight is 349 g/mol. The zero-order valence-corrected chi connectivity index (χ0v) is 13.1. The second-order valence-electron chi connectivity index (χ2n) is 5.10. The third kappa shape index (κ3) is 5.23. The van der Waals surface area contributed by atoms with Crippen molar-refractivity contribution in [2.24, 2.45) is 0 Å². The monoisotopic (exact) mass is 348 g/mol. The minimum Gasteiger partial charge on any atom is -0.389 e. The SMILES string of the molecule is CC(OCC(O)Cn1ccc(C(F)(F)F)n1)c1ccc(Cl)cc1. The summed E-state index contributed by atoms with van der Waals surface area (Å²) in [5.41, 5.74) is -0.0970. The number of rotatable bonds is 6. The molecule has 2 unspecified atom stereocenters. The van der Waals surface area contributed by atoms with Crippen molar-refractivity contribution in [2.75, 3.05) is 6.61 Å². The smallest absolute Gasteiger partial charge is 0.389 e. The van der Waals surface area contributed by atoms with Crippen LogP contribution >= 0.6 is 11.6 Å². The fourth-order valence-corrected chi connectivity index (χ4v) is 2.09. The van der Waals surface area contributed by atoms with Crippen LogP contribution in [0.2, 0.25) is 5.02 Å². The average Bonchev–Trinajstić information content (AvgIpc) is 2.94. The van der Waals surface area contributed by atoms with E-state index < -0.39 is 18.0 Å². The zero-order chi connectivity index (χ0) is 17.0. The first-order valence-electron chi connectivity index (χ1n) is 6.91. The topological polar surface area (TPSA) is 47.3 Å². The zero-order valence-electron chi connectivity index (χ0n) is 12.3. The van der Waals surface area contributed by atoms with Crippen LogP contribution in [0.15, 0.2) is 36.5 Å². The van der Waals surface area contributed by atoms with Gasteiger partial charge in [-0.2, -0.15) is 18.3 Å². The number of aromatic nitrogens is 2. The van der Waals surface area contributed by atoms with Gasteiger partial charge in [0.2, 0.25) is 0 Å². The van der Waals surface area contributed by atoms with Crippen molar-refractivity contribution in [3.63, 3.8) is 0 Å². The van der Waals surface area contributed by atoms with Gasteiger partial charge in [0.15, 0.2) is 5.69 Å². The van der Waals surface area contributed by atoms with Gasteiger partial charge < -0.3 is 9.84 Å². The summed E-state index contributed by atoms with van der Waals surface area (Å²) in [5, 5.41) is 13.9. The molecular formula is C15H16ClF3N2O2. The van der Waals surface area contributed by atoms with Gasteiger partial charge in [-0.25, -0.2) is 0 Å². The number of nitrogens with zero attached hydrogens (tertiary/aromatic N) is 2. The maximum atomic E-state index is 12.4. The first-order chi connectivity index (χ1) is 10.8. The molecule has 0 bridgehead atoms. The molecule has 126 valence electrons. The van der Waals surface area contributed by atoms with Gasteiger partial charge in [0.1, 0.15) is 0 Å². The predicted molar refractivity (Wildman–Crippen MR) is 79.1 cm³/mol. The van der Waals surface area contributed by atoms with E-state index in [1.54, 1.807) is 12.1 Å². The molecule has 2 aromatic rings. The first-order valence-corrected chi connectivity index (χ1v) is 7.29. The molecule has 2 rings (SSSR count). The summed E-state index contributed by atoms with van der Waals surface area (Å²) in [6, 6.07) is 7.94. The van der Waals surface area contributed by atoms with Gasteiger partial charge in [-0.15, -0.1) is 0 Å². The number of aliphatic hydroxyl groups is 1. The number of hydrogen-bond acceptors (Lipinski definition) is 3. The minimum atomic E-state index is -4.49. The van der Waals surface area contributed by atoms with Crippen molar-refractivity contribution in [1.82, 2.24) is 9.78 Å². The quantitative estimate of drug-likeness (QED) is 0.866. The maximum Gasteiger partial charge on any atom is 0.435 e. The number of aliphatic hydroxyl groups excluding tert-OH is 1. The Balaban J connectivity index is 1.84. The summed E-state index contributed by atoms with van der Waals surface area (Å²) in [4.78, 5) is 0. The molecule has 0 aliphatic heterocycles. The van der Waals surface area contributed by atoms with Gasteiger partial charge >= 0.3 is 6.18 Å². The summed E-state index contributed by atoms with van der Waals surface area (Å²) in [7, 11) is 0. The number of alkyl halides is 3. The fourth-order valence-electron chi connectivity index (χ4n) is 1.97. The Hall–Kier alpha value is -1.57. The van der Waals surface area contributed by atoms with Gasteiger partial charge in [0.05, 0.1) is 25.4 Å². The minimum absolute atomic E-state index is 0.0228. The van der Waals surface area contributed by atoms with E-state index in [9.17, 15) is 18.3 Å². The molecular weight excluding hydrogens is 333 g/mol. The van der Waals surface area contributed by atoms with Crippen molar-refractivity contribution in [2.45, 2.75) is 31.9 Å². The van der Waals surface area contributed by atoms with E-state index in [0.717, 1.165) is 16.3 Å². The molecule has 8 heteroatoms. The summed E-state index contributed by atoms with van der Waals surface area (Å²) in [6.07, 6.45) is -4.55. The molecule has 4 nitrogen and oxygen atoms in total. The standard InChI is InChI=1S/C15H16ClF3N2O2/c1-10(11-2-4-12(16)5-3-11)23-9-13(22)8-21-7-6-14(20-21)15(17,18)19/h2-7,10,13,22H,8-9H2,1H3. The number of ether oxygens (including phenoxy) is 1. The Bertz CT molecular complexity index is 628. The molecule has 0 fully saturated rings. The van der Waals surface area contributed by atoms with Crippen molar-refractivity contribution in [1.29, 1.82) is 0 Å². The highest BCUT2D eigenvalue weighted by atomic mass is 35.5. The summed E-state index contributed by atoms with van der Waals surface area (Å²) < 4.78 is 43.9. The van der Waals surface area contributed by atoms with Gasteiger partial charge in [-0.05, 0) is 30.7 Å². The van der Waals surface area contributed by atoms with Crippen LogP contribution in [0.4, 0.5) is 13.2 Å². The van der Waals surface area contributed by atoms with Crippen LogP contribution < -0.4 is 0 Å². The lowest BCUT2D eigenvalue weighted by Crippen LogP contribution is -2.23. The number of hydrogen-bond donors (Lipinski definition) is 1. The highest BCUT2D eigenvalue weighted by molar-refractivity contribution is 6.30. The lowest BCUT2D eigenvalue weighted by molar-refractivity contribution is -0.141. The molecule has 0 aliphatic rings. The molecule has 0 amide bonds. The maximum absolute atomic E-state index is 12.4. The van der Waals surface area contributed by atoms with Gasteiger partial charge in [0, 0.05) is 11.2 Å². The number of benzene rings is 1. The van der Waals surface area contributed by atoms with Crippen LogP contribution in [0, 0.1) is 0 Å². The normalized spacial score (nSPS) is 14.7.